The number of likely N-dealkylation sites (tertiary alicyclic amines) is 1. The number of piperidine rings is 1. The van der Waals surface area contributed by atoms with Crippen molar-refractivity contribution in [2.75, 3.05) is 33.4 Å². The number of hydrogen-bond acceptors (Lipinski definition) is 3. The van der Waals surface area contributed by atoms with E-state index in [0.717, 1.165) is 39.1 Å². The van der Waals surface area contributed by atoms with E-state index in [9.17, 15) is 4.79 Å². The predicted molar refractivity (Wildman–Crippen MR) is 56.3 cm³/mol. The van der Waals surface area contributed by atoms with E-state index in [2.05, 4.69) is 4.90 Å². The number of hydrogen-bond donors (Lipinski definition) is 0. The molecule has 1 heterocycles. The molecule has 1 fully saturated rings. The largest absolute Gasteiger partial charge is 0.383 e. The quantitative estimate of drug-likeness (QED) is 0.669. The van der Waals surface area contributed by atoms with Crippen molar-refractivity contribution in [2.45, 2.75) is 26.2 Å². The summed E-state index contributed by atoms with van der Waals surface area (Å²) >= 11 is 0. The number of carbonyl (C=O) groups excluding carboxylic acids is 1. The Morgan fingerprint density at radius 1 is 1.43 bits per heavy atom. The van der Waals surface area contributed by atoms with Crippen LogP contribution in [0.2, 0.25) is 0 Å². The minimum absolute atomic E-state index is 0.332. The molecule has 0 aromatic rings. The Bertz CT molecular complexity index is 174. The fourth-order valence-corrected chi connectivity index (χ4v) is 1.99. The van der Waals surface area contributed by atoms with Gasteiger partial charge in [0.1, 0.15) is 5.78 Å². The zero-order valence-corrected chi connectivity index (χ0v) is 9.29. The maximum absolute atomic E-state index is 11.4. The van der Waals surface area contributed by atoms with Crippen LogP contribution in [0.1, 0.15) is 26.2 Å². The lowest BCUT2D eigenvalue weighted by molar-refractivity contribution is -0.124. The van der Waals surface area contributed by atoms with Gasteiger partial charge in [-0.1, -0.05) is 6.92 Å². The van der Waals surface area contributed by atoms with Crippen LogP contribution in [-0.4, -0.2) is 44.0 Å². The normalized spacial score (nSPS) is 19.9. The van der Waals surface area contributed by atoms with Gasteiger partial charge in [0.05, 0.1) is 6.61 Å². The first-order valence-corrected chi connectivity index (χ1v) is 5.52. The molecule has 1 aliphatic rings. The van der Waals surface area contributed by atoms with E-state index in [0.29, 0.717) is 18.1 Å². The Balaban J connectivity index is 2.20. The van der Waals surface area contributed by atoms with Crippen LogP contribution in [-0.2, 0) is 9.53 Å². The molecule has 82 valence electrons. The Labute approximate surface area is 86.4 Å². The molecule has 0 aromatic carbocycles. The van der Waals surface area contributed by atoms with Gasteiger partial charge < -0.3 is 9.64 Å². The first-order chi connectivity index (χ1) is 6.77. The summed E-state index contributed by atoms with van der Waals surface area (Å²) in [4.78, 5) is 13.8. The summed E-state index contributed by atoms with van der Waals surface area (Å²) in [6.45, 7) is 5.87. The van der Waals surface area contributed by atoms with Gasteiger partial charge in [-0.25, -0.2) is 0 Å². The summed E-state index contributed by atoms with van der Waals surface area (Å²) in [5.74, 6) is 0.773. The molecule has 3 heteroatoms. The second kappa shape index (κ2) is 6.14. The SMILES string of the molecule is CCC(=O)C1CCN(CCOC)CC1. The molecule has 0 saturated carbocycles. The molecule has 0 N–H and O–H groups in total. The monoisotopic (exact) mass is 199 g/mol. The van der Waals surface area contributed by atoms with Crippen molar-refractivity contribution in [2.24, 2.45) is 5.92 Å². The standard InChI is InChI=1S/C11H21NO2/c1-3-11(13)10-4-6-12(7-5-10)8-9-14-2/h10H,3-9H2,1-2H3. The minimum Gasteiger partial charge on any atom is -0.383 e. The number of carbonyl (C=O) groups is 1. The molecule has 0 amide bonds. The second-order valence-corrected chi connectivity index (χ2v) is 3.93. The molecule has 1 saturated heterocycles. The maximum Gasteiger partial charge on any atom is 0.135 e. The summed E-state index contributed by atoms with van der Waals surface area (Å²) in [6.07, 6.45) is 2.77. The summed E-state index contributed by atoms with van der Waals surface area (Å²) in [5.41, 5.74) is 0. The number of Topliss-reactive ketones (excluding diaryl/α,β-unsaturated/α-hetero) is 1. The minimum atomic E-state index is 0.332. The highest BCUT2D eigenvalue weighted by atomic mass is 16.5. The molecule has 0 bridgehead atoms. The molecular formula is C11H21NO2. The fraction of sp³-hybridized carbons (Fsp3) is 0.909. The van der Waals surface area contributed by atoms with Crippen molar-refractivity contribution >= 4 is 5.78 Å². The van der Waals surface area contributed by atoms with Gasteiger partial charge in [-0.2, -0.15) is 0 Å². The van der Waals surface area contributed by atoms with Crippen LogP contribution in [0.4, 0.5) is 0 Å². The van der Waals surface area contributed by atoms with Gasteiger partial charge >= 0.3 is 0 Å². The molecule has 14 heavy (non-hydrogen) atoms. The first kappa shape index (κ1) is 11.7. The van der Waals surface area contributed by atoms with E-state index in [4.69, 9.17) is 4.74 Å². The maximum atomic E-state index is 11.4. The third kappa shape index (κ3) is 3.39. The molecule has 1 aliphatic heterocycles. The number of methoxy groups -OCH3 is 1. The molecule has 0 aliphatic carbocycles. The lowest BCUT2D eigenvalue weighted by atomic mass is 9.91. The van der Waals surface area contributed by atoms with Crippen LogP contribution in [0.25, 0.3) is 0 Å². The predicted octanol–water partition coefficient (Wildman–Crippen LogP) is 1.32. The number of rotatable bonds is 5. The molecule has 0 atom stereocenters. The molecule has 1 rings (SSSR count). The summed E-state index contributed by atoms with van der Waals surface area (Å²) in [7, 11) is 1.73. The van der Waals surface area contributed by atoms with Crippen molar-refractivity contribution in [3.63, 3.8) is 0 Å². The van der Waals surface area contributed by atoms with Crippen LogP contribution in [0.3, 0.4) is 0 Å². The molecule has 0 spiro atoms. The van der Waals surface area contributed by atoms with Crippen molar-refractivity contribution in [3.05, 3.63) is 0 Å². The molecule has 0 radical (unpaired) electrons. The lowest BCUT2D eigenvalue weighted by Gasteiger charge is -2.30. The highest BCUT2D eigenvalue weighted by molar-refractivity contribution is 5.80. The van der Waals surface area contributed by atoms with Gasteiger partial charge in [-0.05, 0) is 25.9 Å². The van der Waals surface area contributed by atoms with E-state index >= 15 is 0 Å². The van der Waals surface area contributed by atoms with Crippen LogP contribution < -0.4 is 0 Å². The average Bonchev–Trinajstić information content (AvgIpc) is 2.26. The highest BCUT2D eigenvalue weighted by Gasteiger charge is 2.22. The molecule has 0 aromatic heterocycles. The third-order valence-corrected chi connectivity index (χ3v) is 3.00. The summed E-state index contributed by atoms with van der Waals surface area (Å²) < 4.78 is 5.03. The highest BCUT2D eigenvalue weighted by Crippen LogP contribution is 2.18. The average molecular weight is 199 g/mol. The second-order valence-electron chi connectivity index (χ2n) is 3.93. The lowest BCUT2D eigenvalue weighted by Crippen LogP contribution is -2.37. The van der Waals surface area contributed by atoms with E-state index in [-0.39, 0.29) is 0 Å². The number of ketones is 1. The molecule has 3 nitrogen and oxygen atoms in total. The molecular weight excluding hydrogens is 178 g/mol. The van der Waals surface area contributed by atoms with Gasteiger partial charge in [-0.15, -0.1) is 0 Å². The van der Waals surface area contributed by atoms with E-state index in [1.54, 1.807) is 7.11 Å². The van der Waals surface area contributed by atoms with Crippen molar-refractivity contribution in [1.29, 1.82) is 0 Å². The van der Waals surface area contributed by atoms with Crippen LogP contribution >= 0.6 is 0 Å². The van der Waals surface area contributed by atoms with E-state index in [1.807, 2.05) is 6.92 Å². The zero-order valence-electron chi connectivity index (χ0n) is 9.29. The van der Waals surface area contributed by atoms with Crippen molar-refractivity contribution in [1.82, 2.24) is 4.90 Å². The number of ether oxygens (including phenoxy) is 1. The Morgan fingerprint density at radius 3 is 2.57 bits per heavy atom. The Kier molecular flexibility index (Phi) is 5.12. The summed E-state index contributed by atoms with van der Waals surface area (Å²) in [6, 6.07) is 0. The Hall–Kier alpha value is -0.410. The zero-order chi connectivity index (χ0) is 10.4. The van der Waals surface area contributed by atoms with Gasteiger partial charge in [-0.3, -0.25) is 4.79 Å². The Morgan fingerprint density at radius 2 is 2.07 bits per heavy atom. The van der Waals surface area contributed by atoms with E-state index in [1.165, 1.54) is 0 Å². The van der Waals surface area contributed by atoms with Crippen molar-refractivity contribution < 1.29 is 9.53 Å². The number of nitrogens with zero attached hydrogens (tertiary/aromatic N) is 1. The van der Waals surface area contributed by atoms with Gasteiger partial charge in [0.25, 0.3) is 0 Å². The first-order valence-electron chi connectivity index (χ1n) is 5.52. The smallest absolute Gasteiger partial charge is 0.135 e. The van der Waals surface area contributed by atoms with Crippen LogP contribution in [0, 0.1) is 5.92 Å². The van der Waals surface area contributed by atoms with E-state index < -0.39 is 0 Å². The van der Waals surface area contributed by atoms with Crippen molar-refractivity contribution in [3.8, 4) is 0 Å². The third-order valence-electron chi connectivity index (χ3n) is 3.00. The summed E-state index contributed by atoms with van der Waals surface area (Å²) in [5, 5.41) is 0. The van der Waals surface area contributed by atoms with Gasteiger partial charge in [0.2, 0.25) is 0 Å². The van der Waals surface area contributed by atoms with Crippen LogP contribution in [0.5, 0.6) is 0 Å². The fourth-order valence-electron chi connectivity index (χ4n) is 1.99. The van der Waals surface area contributed by atoms with Crippen LogP contribution in [0.15, 0.2) is 0 Å². The van der Waals surface area contributed by atoms with Gasteiger partial charge in [0, 0.05) is 26.0 Å². The van der Waals surface area contributed by atoms with Gasteiger partial charge in [0.15, 0.2) is 0 Å². The molecule has 0 unspecified atom stereocenters. The topological polar surface area (TPSA) is 29.5 Å².